The third kappa shape index (κ3) is 2.37. The number of hydrogen-bond acceptors (Lipinski definition) is 5. The monoisotopic (exact) mass is 219 g/mol. The zero-order valence-electron chi connectivity index (χ0n) is 6.98. The van der Waals surface area contributed by atoms with Gasteiger partial charge in [0.25, 0.3) is 0 Å². The van der Waals surface area contributed by atoms with Gasteiger partial charge in [0.05, 0.1) is 12.6 Å². The van der Waals surface area contributed by atoms with Crippen LogP contribution in [0.1, 0.15) is 11.4 Å². The first-order chi connectivity index (χ1) is 6.24. The topological polar surface area (TPSA) is 49.2 Å². The maximum absolute atomic E-state index is 9.28. The zero-order valence-corrected chi connectivity index (χ0v) is 8.55. The van der Waals surface area contributed by atoms with E-state index in [2.05, 4.69) is 15.1 Å². The van der Waals surface area contributed by atoms with Crippen LogP contribution in [0.5, 0.6) is 0 Å². The SMILES string of the molecule is OC1CCN(Cc2nnc(Cl)s2)C1. The van der Waals surface area contributed by atoms with Gasteiger partial charge in [-0.1, -0.05) is 11.3 Å². The summed E-state index contributed by atoms with van der Waals surface area (Å²) < 4.78 is 0.481. The molecular formula is C7H10ClN3OS. The first kappa shape index (κ1) is 9.33. The molecule has 2 heterocycles. The maximum atomic E-state index is 9.28. The molecule has 2 rings (SSSR count). The zero-order chi connectivity index (χ0) is 9.26. The third-order valence-corrected chi connectivity index (χ3v) is 3.05. The number of rotatable bonds is 2. The molecule has 72 valence electrons. The van der Waals surface area contributed by atoms with Gasteiger partial charge in [0.2, 0.25) is 4.47 Å². The van der Waals surface area contributed by atoms with E-state index in [0.29, 0.717) is 4.47 Å². The van der Waals surface area contributed by atoms with Gasteiger partial charge in [-0.05, 0) is 18.0 Å². The Morgan fingerprint density at radius 3 is 3.00 bits per heavy atom. The highest BCUT2D eigenvalue weighted by molar-refractivity contribution is 7.15. The average molecular weight is 220 g/mol. The van der Waals surface area contributed by atoms with Crippen molar-refractivity contribution in [2.45, 2.75) is 19.1 Å². The average Bonchev–Trinajstić information content (AvgIpc) is 2.62. The fraction of sp³-hybridized carbons (Fsp3) is 0.714. The second-order valence-electron chi connectivity index (χ2n) is 3.13. The van der Waals surface area contributed by atoms with Crippen molar-refractivity contribution in [1.29, 1.82) is 0 Å². The molecule has 1 unspecified atom stereocenters. The minimum absolute atomic E-state index is 0.177. The Balaban J connectivity index is 1.91. The van der Waals surface area contributed by atoms with Crippen molar-refractivity contribution in [1.82, 2.24) is 15.1 Å². The Hall–Kier alpha value is -0.230. The molecule has 0 radical (unpaired) electrons. The van der Waals surface area contributed by atoms with Gasteiger partial charge in [0.1, 0.15) is 5.01 Å². The Kier molecular flexibility index (Phi) is 2.78. The number of halogens is 1. The van der Waals surface area contributed by atoms with E-state index in [-0.39, 0.29) is 6.10 Å². The minimum atomic E-state index is -0.177. The summed E-state index contributed by atoms with van der Waals surface area (Å²) in [5.74, 6) is 0. The molecule has 1 N–H and O–H groups in total. The Bertz CT molecular complexity index is 293. The summed E-state index contributed by atoms with van der Waals surface area (Å²) in [4.78, 5) is 2.15. The standard InChI is InChI=1S/C7H10ClN3OS/c8-7-10-9-6(13-7)4-11-2-1-5(12)3-11/h5,12H,1-4H2. The number of nitrogens with zero attached hydrogens (tertiary/aromatic N) is 3. The Morgan fingerprint density at radius 1 is 1.62 bits per heavy atom. The molecule has 1 saturated heterocycles. The highest BCUT2D eigenvalue weighted by atomic mass is 35.5. The van der Waals surface area contributed by atoms with Crippen LogP contribution in [0.4, 0.5) is 0 Å². The van der Waals surface area contributed by atoms with Gasteiger partial charge in [0, 0.05) is 13.1 Å². The van der Waals surface area contributed by atoms with E-state index in [1.807, 2.05) is 0 Å². The Morgan fingerprint density at radius 2 is 2.46 bits per heavy atom. The van der Waals surface area contributed by atoms with Crippen molar-refractivity contribution in [2.75, 3.05) is 13.1 Å². The van der Waals surface area contributed by atoms with Crippen LogP contribution in [-0.4, -0.2) is 39.4 Å². The summed E-state index contributed by atoms with van der Waals surface area (Å²) in [6, 6.07) is 0. The van der Waals surface area contributed by atoms with Crippen LogP contribution in [0.2, 0.25) is 4.47 Å². The lowest BCUT2D eigenvalue weighted by Crippen LogP contribution is -2.21. The second kappa shape index (κ2) is 3.88. The molecule has 1 aromatic rings. The number of aromatic nitrogens is 2. The predicted molar refractivity (Wildman–Crippen MR) is 50.8 cm³/mol. The lowest BCUT2D eigenvalue weighted by Gasteiger charge is -2.11. The van der Waals surface area contributed by atoms with Gasteiger partial charge >= 0.3 is 0 Å². The number of β-amino-alcohol motifs (C(OH)–C–C–N with tert-alkyl or cyclic N) is 1. The lowest BCUT2D eigenvalue weighted by atomic mass is 10.3. The van der Waals surface area contributed by atoms with E-state index in [1.54, 1.807) is 0 Å². The summed E-state index contributed by atoms with van der Waals surface area (Å²) in [6.07, 6.45) is 0.676. The fourth-order valence-electron chi connectivity index (χ4n) is 1.44. The first-order valence-corrected chi connectivity index (χ1v) is 5.32. The molecule has 4 nitrogen and oxygen atoms in total. The molecule has 1 aliphatic heterocycles. The highest BCUT2D eigenvalue weighted by Gasteiger charge is 2.21. The highest BCUT2D eigenvalue weighted by Crippen LogP contribution is 2.18. The summed E-state index contributed by atoms with van der Waals surface area (Å²) in [7, 11) is 0. The summed E-state index contributed by atoms with van der Waals surface area (Å²) in [5.41, 5.74) is 0. The van der Waals surface area contributed by atoms with E-state index >= 15 is 0 Å². The summed E-state index contributed by atoms with van der Waals surface area (Å²) in [6.45, 7) is 2.41. The maximum Gasteiger partial charge on any atom is 0.207 e. The molecule has 0 bridgehead atoms. The predicted octanol–water partition coefficient (Wildman–Crippen LogP) is 0.758. The summed E-state index contributed by atoms with van der Waals surface area (Å²) >= 11 is 7.05. The van der Waals surface area contributed by atoms with Gasteiger partial charge in [-0.25, -0.2) is 0 Å². The number of hydrogen-bond donors (Lipinski definition) is 1. The quantitative estimate of drug-likeness (QED) is 0.798. The van der Waals surface area contributed by atoms with Crippen molar-refractivity contribution < 1.29 is 5.11 Å². The smallest absolute Gasteiger partial charge is 0.207 e. The van der Waals surface area contributed by atoms with Crippen LogP contribution < -0.4 is 0 Å². The van der Waals surface area contributed by atoms with Crippen molar-refractivity contribution in [3.05, 3.63) is 9.47 Å². The van der Waals surface area contributed by atoms with Crippen molar-refractivity contribution >= 4 is 22.9 Å². The van der Waals surface area contributed by atoms with Gasteiger partial charge in [0.15, 0.2) is 0 Å². The van der Waals surface area contributed by atoms with E-state index in [1.165, 1.54) is 11.3 Å². The molecule has 0 saturated carbocycles. The molecule has 0 amide bonds. The van der Waals surface area contributed by atoms with E-state index in [4.69, 9.17) is 11.6 Å². The first-order valence-electron chi connectivity index (χ1n) is 4.12. The molecular weight excluding hydrogens is 210 g/mol. The molecule has 1 atom stereocenters. The molecule has 1 aliphatic rings. The molecule has 0 aromatic carbocycles. The lowest BCUT2D eigenvalue weighted by molar-refractivity contribution is 0.174. The van der Waals surface area contributed by atoms with Crippen molar-refractivity contribution in [2.24, 2.45) is 0 Å². The number of likely N-dealkylation sites (tertiary alicyclic amines) is 1. The Labute approximate surface area is 85.2 Å². The molecule has 0 spiro atoms. The van der Waals surface area contributed by atoms with E-state index in [0.717, 1.165) is 31.1 Å². The van der Waals surface area contributed by atoms with Crippen molar-refractivity contribution in [3.8, 4) is 0 Å². The minimum Gasteiger partial charge on any atom is -0.392 e. The van der Waals surface area contributed by atoms with Crippen LogP contribution in [0.15, 0.2) is 0 Å². The van der Waals surface area contributed by atoms with E-state index < -0.39 is 0 Å². The van der Waals surface area contributed by atoms with Crippen LogP contribution in [-0.2, 0) is 6.54 Å². The van der Waals surface area contributed by atoms with Crippen LogP contribution in [0.3, 0.4) is 0 Å². The van der Waals surface area contributed by atoms with E-state index in [9.17, 15) is 5.11 Å². The molecule has 1 fully saturated rings. The van der Waals surface area contributed by atoms with Gasteiger partial charge in [-0.3, -0.25) is 4.90 Å². The molecule has 13 heavy (non-hydrogen) atoms. The van der Waals surface area contributed by atoms with Crippen LogP contribution in [0, 0.1) is 0 Å². The van der Waals surface area contributed by atoms with Crippen LogP contribution >= 0.6 is 22.9 Å². The van der Waals surface area contributed by atoms with Gasteiger partial charge in [-0.15, -0.1) is 10.2 Å². The third-order valence-electron chi connectivity index (χ3n) is 2.05. The molecule has 0 aliphatic carbocycles. The normalized spacial score (nSPS) is 24.0. The van der Waals surface area contributed by atoms with Crippen molar-refractivity contribution in [3.63, 3.8) is 0 Å². The number of aliphatic hydroxyl groups excluding tert-OH is 1. The molecule has 6 heteroatoms. The van der Waals surface area contributed by atoms with Gasteiger partial charge < -0.3 is 5.11 Å². The van der Waals surface area contributed by atoms with Crippen LogP contribution in [0.25, 0.3) is 0 Å². The number of aliphatic hydroxyl groups is 1. The second-order valence-corrected chi connectivity index (χ2v) is 4.77. The molecule has 1 aromatic heterocycles. The van der Waals surface area contributed by atoms with Gasteiger partial charge in [-0.2, -0.15) is 0 Å². The largest absolute Gasteiger partial charge is 0.392 e. The fourth-order valence-corrected chi connectivity index (χ4v) is 2.35. The summed E-state index contributed by atoms with van der Waals surface area (Å²) in [5, 5.41) is 17.8.